The van der Waals surface area contributed by atoms with Crippen LogP contribution in [0.2, 0.25) is 0 Å². The van der Waals surface area contributed by atoms with Gasteiger partial charge in [0.15, 0.2) is 0 Å². The fraction of sp³-hybridized carbons (Fsp3) is 0.350. The molecule has 26 heavy (non-hydrogen) atoms. The van der Waals surface area contributed by atoms with Crippen LogP contribution in [-0.4, -0.2) is 17.4 Å². The highest BCUT2D eigenvalue weighted by atomic mass is 19.4. The van der Waals surface area contributed by atoms with Gasteiger partial charge in [-0.15, -0.1) is 0 Å². The number of hydrogen-bond donors (Lipinski definition) is 2. The molecular formula is C20H21F3N2O. The van der Waals surface area contributed by atoms with E-state index in [4.69, 9.17) is 0 Å². The maximum absolute atomic E-state index is 12.6. The van der Waals surface area contributed by atoms with Gasteiger partial charge in [-0.25, -0.2) is 0 Å². The molecule has 2 aromatic rings. The van der Waals surface area contributed by atoms with Crippen molar-refractivity contribution in [2.75, 3.05) is 6.54 Å². The first-order valence-electron chi connectivity index (χ1n) is 8.71. The van der Waals surface area contributed by atoms with Crippen LogP contribution in [-0.2, 0) is 6.18 Å². The van der Waals surface area contributed by atoms with E-state index in [9.17, 15) is 18.0 Å². The number of halogens is 3. The Morgan fingerprint density at radius 3 is 2.54 bits per heavy atom. The Balaban J connectivity index is 1.48. The Kier molecular flexibility index (Phi) is 5.49. The first-order chi connectivity index (χ1) is 12.4. The fourth-order valence-corrected chi connectivity index (χ4v) is 3.24. The van der Waals surface area contributed by atoms with Gasteiger partial charge in [-0.05, 0) is 60.9 Å². The number of allylic oxidation sites excluding steroid dienone is 2. The molecule has 3 nitrogen and oxygen atoms in total. The third-order valence-electron chi connectivity index (χ3n) is 4.80. The first kappa shape index (κ1) is 18.3. The van der Waals surface area contributed by atoms with Crippen LogP contribution < -0.4 is 5.32 Å². The Bertz CT molecular complexity index is 761. The summed E-state index contributed by atoms with van der Waals surface area (Å²) in [5.74, 6) is 0.405. The van der Waals surface area contributed by atoms with Gasteiger partial charge in [0.1, 0.15) is 0 Å². The van der Waals surface area contributed by atoms with Gasteiger partial charge in [0.05, 0.1) is 11.1 Å². The molecule has 3 rings (SSSR count). The maximum atomic E-state index is 12.6. The highest BCUT2D eigenvalue weighted by Gasteiger charge is 2.30. The van der Waals surface area contributed by atoms with Crippen molar-refractivity contribution in [1.82, 2.24) is 10.3 Å². The van der Waals surface area contributed by atoms with E-state index in [1.54, 1.807) is 30.6 Å². The predicted octanol–water partition coefficient (Wildman–Crippen LogP) is 5.04. The summed E-state index contributed by atoms with van der Waals surface area (Å²) < 4.78 is 37.9. The van der Waals surface area contributed by atoms with Gasteiger partial charge in [-0.2, -0.15) is 13.2 Å². The zero-order valence-corrected chi connectivity index (χ0v) is 14.3. The van der Waals surface area contributed by atoms with Crippen LogP contribution >= 0.6 is 0 Å². The van der Waals surface area contributed by atoms with Crippen LogP contribution in [0.15, 0.2) is 48.8 Å². The number of carbonyl (C=O) groups excluding carboxylic acids is 1. The monoisotopic (exact) mass is 362 g/mol. The summed E-state index contributed by atoms with van der Waals surface area (Å²) in [6, 6.07) is 7.10. The molecule has 0 spiro atoms. The minimum atomic E-state index is -4.30. The average Bonchev–Trinajstić information content (AvgIpc) is 3.16. The summed E-state index contributed by atoms with van der Waals surface area (Å²) in [5, 5.41) is 2.91. The first-order valence-corrected chi connectivity index (χ1v) is 8.71. The number of rotatable bonds is 5. The number of carbonyl (C=O) groups is 1. The molecule has 1 aliphatic rings. The number of benzene rings is 1. The second kappa shape index (κ2) is 7.81. The summed E-state index contributed by atoms with van der Waals surface area (Å²) in [5.41, 5.74) is 1.97. The zero-order chi connectivity index (χ0) is 18.6. The lowest BCUT2D eigenvalue weighted by Crippen LogP contribution is -2.25. The van der Waals surface area contributed by atoms with Gasteiger partial charge < -0.3 is 10.3 Å². The van der Waals surface area contributed by atoms with Crippen molar-refractivity contribution in [2.24, 2.45) is 5.92 Å². The standard InChI is InChI=1S/C20H21F3N2O/c21-20(22,23)18-7-5-16(6-8-18)15-3-1-14(2-4-15)9-12-25-19(26)17-10-11-24-13-17/h3,5-8,10-11,13-14,24H,1-2,4,9,12H2,(H,25,26). The van der Waals surface area contributed by atoms with Crippen LogP contribution in [0.5, 0.6) is 0 Å². The van der Waals surface area contributed by atoms with Gasteiger partial charge in [-0.3, -0.25) is 4.79 Å². The number of aromatic amines is 1. The lowest BCUT2D eigenvalue weighted by molar-refractivity contribution is -0.137. The van der Waals surface area contributed by atoms with E-state index < -0.39 is 11.7 Å². The number of amides is 1. The fourth-order valence-electron chi connectivity index (χ4n) is 3.24. The molecule has 2 N–H and O–H groups in total. The molecule has 1 unspecified atom stereocenters. The quantitative estimate of drug-likeness (QED) is 0.769. The Labute approximate surface area is 150 Å². The summed E-state index contributed by atoms with van der Waals surface area (Å²) in [7, 11) is 0. The van der Waals surface area contributed by atoms with Crippen LogP contribution in [0.1, 0.15) is 47.2 Å². The second-order valence-corrected chi connectivity index (χ2v) is 6.59. The average molecular weight is 362 g/mol. The third-order valence-corrected chi connectivity index (χ3v) is 4.80. The molecular weight excluding hydrogens is 341 g/mol. The molecule has 0 saturated heterocycles. The number of nitrogens with one attached hydrogen (secondary N) is 2. The molecule has 0 fully saturated rings. The summed E-state index contributed by atoms with van der Waals surface area (Å²) in [4.78, 5) is 14.7. The van der Waals surface area contributed by atoms with Crippen LogP contribution in [0.3, 0.4) is 0 Å². The lowest BCUT2D eigenvalue weighted by atomic mass is 9.85. The number of alkyl halides is 3. The Morgan fingerprint density at radius 2 is 1.96 bits per heavy atom. The van der Waals surface area contributed by atoms with Gasteiger partial charge in [0.2, 0.25) is 0 Å². The van der Waals surface area contributed by atoms with Crippen molar-refractivity contribution >= 4 is 11.5 Å². The van der Waals surface area contributed by atoms with E-state index in [0.29, 0.717) is 18.0 Å². The van der Waals surface area contributed by atoms with Gasteiger partial charge in [0.25, 0.3) is 5.91 Å². The molecule has 6 heteroatoms. The van der Waals surface area contributed by atoms with Crippen LogP contribution in [0.25, 0.3) is 5.57 Å². The van der Waals surface area contributed by atoms with Crippen molar-refractivity contribution in [3.05, 3.63) is 65.5 Å². The molecule has 1 amide bonds. The second-order valence-electron chi connectivity index (χ2n) is 6.59. The third kappa shape index (κ3) is 4.56. The van der Waals surface area contributed by atoms with Crippen LogP contribution in [0, 0.1) is 5.92 Å². The van der Waals surface area contributed by atoms with Gasteiger partial charge in [-0.1, -0.05) is 18.2 Å². The van der Waals surface area contributed by atoms with Gasteiger partial charge in [0, 0.05) is 18.9 Å². The van der Waals surface area contributed by atoms with Crippen molar-refractivity contribution < 1.29 is 18.0 Å². The van der Waals surface area contributed by atoms with Crippen molar-refractivity contribution in [3.8, 4) is 0 Å². The summed E-state index contributed by atoms with van der Waals surface area (Å²) in [6.45, 7) is 0.623. The van der Waals surface area contributed by atoms with E-state index in [0.717, 1.165) is 49.0 Å². The molecule has 0 radical (unpaired) electrons. The maximum Gasteiger partial charge on any atom is 0.416 e. The molecule has 0 bridgehead atoms. The zero-order valence-electron chi connectivity index (χ0n) is 14.3. The number of H-pyrrole nitrogens is 1. The smallest absolute Gasteiger partial charge is 0.367 e. The topological polar surface area (TPSA) is 44.9 Å². The number of aromatic nitrogens is 1. The lowest BCUT2D eigenvalue weighted by Gasteiger charge is -2.22. The molecule has 1 heterocycles. The Hall–Kier alpha value is -2.50. The molecule has 1 atom stereocenters. The van der Waals surface area contributed by atoms with Gasteiger partial charge >= 0.3 is 6.18 Å². The van der Waals surface area contributed by atoms with E-state index in [2.05, 4.69) is 16.4 Å². The van der Waals surface area contributed by atoms with E-state index >= 15 is 0 Å². The Morgan fingerprint density at radius 1 is 1.19 bits per heavy atom. The molecule has 1 aromatic carbocycles. The normalized spacial score (nSPS) is 17.7. The van der Waals surface area contributed by atoms with Crippen LogP contribution in [0.4, 0.5) is 13.2 Å². The minimum Gasteiger partial charge on any atom is -0.367 e. The predicted molar refractivity (Wildman–Crippen MR) is 94.5 cm³/mol. The highest BCUT2D eigenvalue weighted by molar-refractivity contribution is 5.93. The van der Waals surface area contributed by atoms with E-state index in [1.165, 1.54) is 0 Å². The molecule has 0 saturated carbocycles. The minimum absolute atomic E-state index is 0.0805. The van der Waals surface area contributed by atoms with E-state index in [1.807, 2.05) is 0 Å². The largest absolute Gasteiger partial charge is 0.416 e. The van der Waals surface area contributed by atoms with Crippen molar-refractivity contribution in [2.45, 2.75) is 31.9 Å². The molecule has 138 valence electrons. The van der Waals surface area contributed by atoms with E-state index in [-0.39, 0.29) is 5.91 Å². The number of hydrogen-bond acceptors (Lipinski definition) is 1. The summed E-state index contributed by atoms with van der Waals surface area (Å²) in [6.07, 6.45) is 4.80. The van der Waals surface area contributed by atoms with Crippen molar-refractivity contribution in [1.29, 1.82) is 0 Å². The highest BCUT2D eigenvalue weighted by Crippen LogP contribution is 2.34. The molecule has 0 aliphatic heterocycles. The molecule has 1 aliphatic carbocycles. The molecule has 1 aromatic heterocycles. The van der Waals surface area contributed by atoms with Crippen molar-refractivity contribution in [3.63, 3.8) is 0 Å². The summed E-state index contributed by atoms with van der Waals surface area (Å²) >= 11 is 0. The SMILES string of the molecule is O=C(NCCC1CC=C(c2ccc(C(F)(F)F)cc2)CC1)c1cc[nH]c1.